The van der Waals surface area contributed by atoms with Crippen LogP contribution in [-0.4, -0.2) is 80.6 Å². The summed E-state index contributed by atoms with van der Waals surface area (Å²) < 4.78 is 11.6. The van der Waals surface area contributed by atoms with Crippen LogP contribution in [0.2, 0.25) is 10.0 Å². The smallest absolute Gasteiger partial charge is 0.408 e. The standard InChI is InChI=1S/C22H25Cl2NO5.C22H33NO5/c1-13(2)7-19(21(26)27)25-20(22(28)29)10-14-3-5-18(6-4-14)30-12-15-8-16(23)11-17(24)9-15;1-16(2)14-20(21(24)25)23(22(26)27)13-12-17-8-10-19(11-9-17)28-15-18-6-4-3-5-7-18/h3-6,8-9,11,13,19-20,25H,7,10,12H2,1-2H3,(H,26,27)(H,28,29);8-11,16,18,20H,3-7,12-15H2,1-2H3,(H,24,25)(H,26,27). The zero-order valence-electron chi connectivity index (χ0n) is 33.7. The Hall–Kier alpha value is -4.52. The Bertz CT molecular complexity index is 1730. The molecule has 1 aliphatic carbocycles. The second-order valence-corrected chi connectivity index (χ2v) is 16.5. The molecule has 5 N–H and O–H groups in total. The largest absolute Gasteiger partial charge is 0.493 e. The van der Waals surface area contributed by atoms with Crippen LogP contribution in [0, 0.1) is 17.8 Å². The quantitative estimate of drug-likeness (QED) is 0.0689. The van der Waals surface area contributed by atoms with E-state index < -0.39 is 42.1 Å². The Balaban J connectivity index is 0.000000311. The number of amides is 1. The first kappa shape index (κ1) is 47.9. The van der Waals surface area contributed by atoms with Crippen LogP contribution in [0.25, 0.3) is 0 Å². The highest BCUT2D eigenvalue weighted by Crippen LogP contribution is 2.25. The van der Waals surface area contributed by atoms with E-state index in [-0.39, 0.29) is 31.4 Å². The van der Waals surface area contributed by atoms with Crippen molar-refractivity contribution >= 4 is 47.2 Å². The van der Waals surface area contributed by atoms with Gasteiger partial charge in [-0.3, -0.25) is 19.8 Å². The SMILES string of the molecule is CC(C)CC(C(=O)O)N(CCc1ccc(OCC2CCCCC2)cc1)C(=O)O.CC(C)CC(NC(Cc1ccc(OCc2cc(Cl)cc(Cl)c2)cc1)C(=O)O)C(=O)O. The number of ether oxygens (including phenoxy) is 2. The van der Waals surface area contributed by atoms with Crippen LogP contribution in [0.15, 0.2) is 66.7 Å². The lowest BCUT2D eigenvalue weighted by Crippen LogP contribution is -2.48. The van der Waals surface area contributed by atoms with Gasteiger partial charge in [0, 0.05) is 16.6 Å². The van der Waals surface area contributed by atoms with Gasteiger partial charge in [0.2, 0.25) is 0 Å². The fraction of sp³-hybridized carbons (Fsp3) is 0.500. The third-order valence-electron chi connectivity index (χ3n) is 9.77. The summed E-state index contributed by atoms with van der Waals surface area (Å²) in [6.07, 6.45) is 6.48. The van der Waals surface area contributed by atoms with Crippen molar-refractivity contribution in [1.29, 1.82) is 0 Å². The van der Waals surface area contributed by atoms with Crippen LogP contribution >= 0.6 is 23.2 Å². The Morgan fingerprint density at radius 1 is 0.690 bits per heavy atom. The van der Waals surface area contributed by atoms with E-state index in [9.17, 15) is 39.6 Å². The summed E-state index contributed by atoms with van der Waals surface area (Å²) >= 11 is 12.0. The molecule has 0 radical (unpaired) electrons. The normalized spacial score (nSPS) is 14.5. The maximum atomic E-state index is 11.6. The van der Waals surface area contributed by atoms with Crippen LogP contribution < -0.4 is 14.8 Å². The lowest BCUT2D eigenvalue weighted by Gasteiger charge is -2.27. The number of nitrogens with one attached hydrogen (secondary N) is 1. The topological polar surface area (TPSA) is 183 Å². The molecular weight excluding hydrogens is 787 g/mol. The van der Waals surface area contributed by atoms with Crippen molar-refractivity contribution < 1.29 is 49.1 Å². The summed E-state index contributed by atoms with van der Waals surface area (Å²) in [7, 11) is 0. The molecule has 58 heavy (non-hydrogen) atoms. The summed E-state index contributed by atoms with van der Waals surface area (Å²) in [5.74, 6) is -0.940. The maximum absolute atomic E-state index is 11.6. The van der Waals surface area contributed by atoms with Crippen LogP contribution in [0.1, 0.15) is 89.3 Å². The number of carboxylic acids is 3. The average Bonchev–Trinajstić information content (AvgIpc) is 3.16. The minimum atomic E-state index is -1.19. The number of aliphatic carboxylic acids is 3. The molecule has 0 bridgehead atoms. The Morgan fingerprint density at radius 2 is 1.22 bits per heavy atom. The van der Waals surface area contributed by atoms with Gasteiger partial charge < -0.3 is 29.9 Å². The highest BCUT2D eigenvalue weighted by atomic mass is 35.5. The minimum absolute atomic E-state index is 0.101. The molecule has 0 aliphatic heterocycles. The van der Waals surface area contributed by atoms with E-state index in [1.54, 1.807) is 42.5 Å². The fourth-order valence-corrected chi connectivity index (χ4v) is 7.32. The molecule has 1 fully saturated rings. The average molecular weight is 846 g/mol. The van der Waals surface area contributed by atoms with Crippen molar-refractivity contribution in [2.24, 2.45) is 17.8 Å². The van der Waals surface area contributed by atoms with Crippen LogP contribution in [0.3, 0.4) is 0 Å². The molecule has 1 amide bonds. The van der Waals surface area contributed by atoms with E-state index in [4.69, 9.17) is 32.7 Å². The molecule has 0 spiro atoms. The van der Waals surface area contributed by atoms with Gasteiger partial charge in [-0.05, 0) is 115 Å². The highest BCUT2D eigenvalue weighted by Gasteiger charge is 2.30. The van der Waals surface area contributed by atoms with Crippen molar-refractivity contribution in [1.82, 2.24) is 10.2 Å². The lowest BCUT2D eigenvalue weighted by atomic mass is 9.90. The van der Waals surface area contributed by atoms with Gasteiger partial charge in [-0.2, -0.15) is 0 Å². The van der Waals surface area contributed by atoms with Crippen molar-refractivity contribution in [3.63, 3.8) is 0 Å². The van der Waals surface area contributed by atoms with E-state index in [1.807, 2.05) is 52.0 Å². The number of benzene rings is 3. The zero-order chi connectivity index (χ0) is 42.8. The molecule has 0 heterocycles. The molecule has 318 valence electrons. The van der Waals surface area contributed by atoms with Gasteiger partial charge in [-0.25, -0.2) is 9.59 Å². The molecule has 14 heteroatoms. The number of carbonyl (C=O) groups is 4. The molecule has 3 unspecified atom stereocenters. The van der Waals surface area contributed by atoms with Crippen molar-refractivity contribution in [3.05, 3.63) is 93.5 Å². The molecule has 4 rings (SSSR count). The zero-order valence-corrected chi connectivity index (χ0v) is 35.3. The molecule has 0 saturated heterocycles. The number of hydrogen-bond acceptors (Lipinski definition) is 7. The summed E-state index contributed by atoms with van der Waals surface area (Å²) in [6, 6.07) is 16.9. The van der Waals surface area contributed by atoms with Gasteiger partial charge in [0.1, 0.15) is 36.2 Å². The van der Waals surface area contributed by atoms with Crippen LogP contribution in [0.5, 0.6) is 11.5 Å². The Kier molecular flexibility index (Phi) is 20.1. The van der Waals surface area contributed by atoms with Gasteiger partial charge >= 0.3 is 24.0 Å². The van der Waals surface area contributed by atoms with Crippen LogP contribution in [-0.2, 0) is 33.8 Å². The lowest BCUT2D eigenvalue weighted by molar-refractivity contribution is -0.144. The first-order chi connectivity index (χ1) is 27.5. The molecule has 3 atom stereocenters. The predicted octanol–water partition coefficient (Wildman–Crippen LogP) is 9.32. The highest BCUT2D eigenvalue weighted by molar-refractivity contribution is 6.34. The second-order valence-electron chi connectivity index (χ2n) is 15.7. The number of nitrogens with zero attached hydrogens (tertiary/aromatic N) is 1. The van der Waals surface area contributed by atoms with E-state index in [1.165, 1.54) is 32.1 Å². The monoisotopic (exact) mass is 844 g/mol. The Morgan fingerprint density at radius 3 is 1.72 bits per heavy atom. The number of rotatable bonds is 21. The first-order valence-corrected chi connectivity index (χ1v) is 20.6. The van der Waals surface area contributed by atoms with Gasteiger partial charge in [-0.1, -0.05) is 94.4 Å². The molecule has 3 aromatic carbocycles. The predicted molar refractivity (Wildman–Crippen MR) is 224 cm³/mol. The fourth-order valence-electron chi connectivity index (χ4n) is 6.75. The van der Waals surface area contributed by atoms with Gasteiger partial charge in [0.05, 0.1) is 6.61 Å². The molecule has 0 aromatic heterocycles. The second kappa shape index (κ2) is 24.4. The molecule has 1 aliphatic rings. The minimum Gasteiger partial charge on any atom is -0.493 e. The number of carboxylic acid groups (broad SMARTS) is 4. The third-order valence-corrected chi connectivity index (χ3v) is 10.2. The summed E-state index contributed by atoms with van der Waals surface area (Å²) in [5, 5.41) is 41.6. The summed E-state index contributed by atoms with van der Waals surface area (Å²) in [6.45, 7) is 8.76. The van der Waals surface area contributed by atoms with Gasteiger partial charge in [-0.15, -0.1) is 0 Å². The van der Waals surface area contributed by atoms with E-state index >= 15 is 0 Å². The summed E-state index contributed by atoms with van der Waals surface area (Å²) in [5.41, 5.74) is 2.54. The van der Waals surface area contributed by atoms with Crippen molar-refractivity contribution in [2.45, 2.75) is 110 Å². The Labute approximate surface area is 351 Å². The third kappa shape index (κ3) is 17.5. The molecule has 3 aromatic rings. The molecule has 1 saturated carbocycles. The van der Waals surface area contributed by atoms with Crippen LogP contribution in [0.4, 0.5) is 4.79 Å². The van der Waals surface area contributed by atoms with Crippen molar-refractivity contribution in [3.8, 4) is 11.5 Å². The van der Waals surface area contributed by atoms with E-state index in [0.29, 0.717) is 41.0 Å². The number of hydrogen-bond donors (Lipinski definition) is 5. The summed E-state index contributed by atoms with van der Waals surface area (Å²) in [4.78, 5) is 47.2. The number of halogens is 2. The van der Waals surface area contributed by atoms with Crippen molar-refractivity contribution in [2.75, 3.05) is 13.2 Å². The molecule has 12 nitrogen and oxygen atoms in total. The van der Waals surface area contributed by atoms with Gasteiger partial charge in [0.25, 0.3) is 0 Å². The van der Waals surface area contributed by atoms with Gasteiger partial charge in [0.15, 0.2) is 0 Å². The van der Waals surface area contributed by atoms with E-state index in [2.05, 4.69) is 5.32 Å². The molecular formula is C44H58Cl2N2O10. The maximum Gasteiger partial charge on any atom is 0.408 e. The van der Waals surface area contributed by atoms with E-state index in [0.717, 1.165) is 33.9 Å². The first-order valence-electron chi connectivity index (χ1n) is 19.8.